The Hall–Kier alpha value is -0.340. The maximum atomic E-state index is 3.51. The Morgan fingerprint density at radius 1 is 1.00 bits per heavy atom. The van der Waals surface area contributed by atoms with Crippen LogP contribution >= 0.6 is 15.9 Å². The molecule has 0 spiro atoms. The van der Waals surface area contributed by atoms with E-state index in [1.54, 1.807) is 0 Å². The highest BCUT2D eigenvalue weighted by molar-refractivity contribution is 9.10. The Labute approximate surface area is 106 Å². The third-order valence-electron chi connectivity index (χ3n) is 4.09. The van der Waals surface area contributed by atoms with Gasteiger partial charge in [-0.25, -0.2) is 0 Å². The van der Waals surface area contributed by atoms with Gasteiger partial charge >= 0.3 is 0 Å². The van der Waals surface area contributed by atoms with E-state index in [1.165, 1.54) is 48.7 Å². The molecule has 16 heavy (non-hydrogen) atoms. The molecule has 0 N–H and O–H groups in total. The quantitative estimate of drug-likeness (QED) is 0.747. The van der Waals surface area contributed by atoms with E-state index in [4.69, 9.17) is 0 Å². The zero-order valence-electron chi connectivity index (χ0n) is 9.53. The summed E-state index contributed by atoms with van der Waals surface area (Å²) >= 11 is 3.51. The van der Waals surface area contributed by atoms with Gasteiger partial charge in [0.05, 0.1) is 0 Å². The van der Waals surface area contributed by atoms with Crippen LogP contribution in [-0.4, -0.2) is 17.5 Å². The fraction of sp³-hybridized carbons (Fsp3) is 0.571. The smallest absolute Gasteiger partial charge is 0.0351 e. The summed E-state index contributed by atoms with van der Waals surface area (Å²) in [6.45, 7) is 1.31. The largest absolute Gasteiger partial charge is 0.293 e. The molecular formula is C14H18BrN. The van der Waals surface area contributed by atoms with Crippen LogP contribution < -0.4 is 0 Å². The van der Waals surface area contributed by atoms with Gasteiger partial charge in [0, 0.05) is 16.6 Å². The van der Waals surface area contributed by atoms with E-state index in [2.05, 4.69) is 45.1 Å². The predicted octanol–water partition coefficient (Wildman–Crippen LogP) is 4.14. The van der Waals surface area contributed by atoms with Crippen LogP contribution in [0.1, 0.15) is 43.7 Å². The maximum absolute atomic E-state index is 3.51. The molecule has 1 nitrogen and oxygen atoms in total. The average Bonchev–Trinajstić information content (AvgIpc) is 2.78. The van der Waals surface area contributed by atoms with E-state index in [0.29, 0.717) is 6.04 Å². The number of hydrogen-bond donors (Lipinski definition) is 0. The minimum absolute atomic E-state index is 0.689. The fourth-order valence-electron chi connectivity index (χ4n) is 3.33. The summed E-state index contributed by atoms with van der Waals surface area (Å²) < 4.78 is 1.19. The molecule has 2 saturated heterocycles. The van der Waals surface area contributed by atoms with E-state index in [9.17, 15) is 0 Å². The minimum atomic E-state index is 0.689. The number of fused-ring (bicyclic) bond motifs is 1. The maximum Gasteiger partial charge on any atom is 0.0351 e. The number of benzene rings is 1. The average molecular weight is 280 g/mol. The summed E-state index contributed by atoms with van der Waals surface area (Å²) in [7, 11) is 0. The molecule has 0 aliphatic carbocycles. The lowest BCUT2D eigenvalue weighted by Gasteiger charge is -2.38. The van der Waals surface area contributed by atoms with Crippen molar-refractivity contribution in [3.05, 3.63) is 34.3 Å². The molecule has 2 atom stereocenters. The van der Waals surface area contributed by atoms with Crippen LogP contribution in [0, 0.1) is 0 Å². The first-order valence-corrected chi connectivity index (χ1v) is 7.15. The third-order valence-corrected chi connectivity index (χ3v) is 4.62. The molecule has 2 fully saturated rings. The standard InChI is InChI=1S/C14H18BrN/c15-12-8-6-11(7-9-12)14-5-1-3-13-4-2-10-16(13)14/h6-9,13-14H,1-5,10H2/t13-,14+/m0/s1. The summed E-state index contributed by atoms with van der Waals surface area (Å²) in [6.07, 6.45) is 7.00. The highest BCUT2D eigenvalue weighted by Gasteiger charge is 2.34. The monoisotopic (exact) mass is 279 g/mol. The van der Waals surface area contributed by atoms with Gasteiger partial charge in [-0.3, -0.25) is 4.90 Å². The van der Waals surface area contributed by atoms with Crippen molar-refractivity contribution in [2.45, 2.75) is 44.2 Å². The van der Waals surface area contributed by atoms with E-state index >= 15 is 0 Å². The molecule has 0 bridgehead atoms. The predicted molar refractivity (Wildman–Crippen MR) is 70.5 cm³/mol. The Balaban J connectivity index is 1.85. The molecule has 1 aromatic rings. The van der Waals surface area contributed by atoms with E-state index in [1.807, 2.05) is 0 Å². The van der Waals surface area contributed by atoms with Crippen LogP contribution in [0.4, 0.5) is 0 Å². The molecule has 0 unspecified atom stereocenters. The van der Waals surface area contributed by atoms with Gasteiger partial charge in [-0.1, -0.05) is 28.1 Å². The van der Waals surface area contributed by atoms with Gasteiger partial charge in [0.25, 0.3) is 0 Å². The van der Waals surface area contributed by atoms with Crippen molar-refractivity contribution in [1.29, 1.82) is 0 Å². The molecule has 0 radical (unpaired) electrons. The van der Waals surface area contributed by atoms with E-state index < -0.39 is 0 Å². The Morgan fingerprint density at radius 3 is 2.56 bits per heavy atom. The molecule has 0 aromatic heterocycles. The fourth-order valence-corrected chi connectivity index (χ4v) is 3.60. The Bertz CT molecular complexity index is 360. The van der Waals surface area contributed by atoms with Crippen molar-refractivity contribution in [2.75, 3.05) is 6.54 Å². The highest BCUT2D eigenvalue weighted by atomic mass is 79.9. The van der Waals surface area contributed by atoms with Crippen molar-refractivity contribution in [1.82, 2.24) is 4.90 Å². The summed E-state index contributed by atoms with van der Waals surface area (Å²) in [5, 5.41) is 0. The second kappa shape index (κ2) is 4.50. The van der Waals surface area contributed by atoms with Crippen molar-refractivity contribution < 1.29 is 0 Å². The topological polar surface area (TPSA) is 3.24 Å². The molecule has 2 aliphatic rings. The lowest BCUT2D eigenvalue weighted by Crippen LogP contribution is -2.37. The molecule has 1 aromatic carbocycles. The van der Waals surface area contributed by atoms with Crippen molar-refractivity contribution in [3.8, 4) is 0 Å². The van der Waals surface area contributed by atoms with Crippen molar-refractivity contribution in [2.24, 2.45) is 0 Å². The zero-order valence-corrected chi connectivity index (χ0v) is 11.1. The molecule has 2 aliphatic heterocycles. The number of rotatable bonds is 1. The van der Waals surface area contributed by atoms with Crippen LogP contribution in [0.3, 0.4) is 0 Å². The van der Waals surface area contributed by atoms with Crippen LogP contribution in [0.15, 0.2) is 28.7 Å². The third kappa shape index (κ3) is 1.93. The second-order valence-electron chi connectivity index (χ2n) is 5.03. The van der Waals surface area contributed by atoms with Gasteiger partial charge in [0.1, 0.15) is 0 Å². The number of halogens is 1. The Kier molecular flexibility index (Phi) is 3.03. The first-order valence-electron chi connectivity index (χ1n) is 6.36. The van der Waals surface area contributed by atoms with Crippen molar-refractivity contribution >= 4 is 15.9 Å². The summed E-state index contributed by atoms with van der Waals surface area (Å²) in [5.74, 6) is 0. The van der Waals surface area contributed by atoms with Crippen molar-refractivity contribution in [3.63, 3.8) is 0 Å². The summed E-state index contributed by atoms with van der Waals surface area (Å²) in [6, 6.07) is 10.5. The molecule has 2 heterocycles. The Morgan fingerprint density at radius 2 is 1.75 bits per heavy atom. The SMILES string of the molecule is Brc1ccc([C@H]2CCC[C@H]3CCCN32)cc1. The summed E-state index contributed by atoms with van der Waals surface area (Å²) in [5.41, 5.74) is 1.51. The lowest BCUT2D eigenvalue weighted by atomic mass is 9.92. The molecular weight excluding hydrogens is 262 g/mol. The van der Waals surface area contributed by atoms with Crippen LogP contribution in [0.5, 0.6) is 0 Å². The van der Waals surface area contributed by atoms with E-state index in [0.717, 1.165) is 6.04 Å². The zero-order chi connectivity index (χ0) is 11.0. The number of hydrogen-bond acceptors (Lipinski definition) is 1. The van der Waals surface area contributed by atoms with Gasteiger partial charge in [-0.15, -0.1) is 0 Å². The normalized spacial score (nSPS) is 30.3. The first kappa shape index (κ1) is 10.8. The van der Waals surface area contributed by atoms with Gasteiger partial charge in [-0.2, -0.15) is 0 Å². The summed E-state index contributed by atoms with van der Waals surface area (Å²) in [4.78, 5) is 2.74. The van der Waals surface area contributed by atoms with E-state index in [-0.39, 0.29) is 0 Å². The van der Waals surface area contributed by atoms with Gasteiger partial charge in [0.2, 0.25) is 0 Å². The second-order valence-corrected chi connectivity index (χ2v) is 5.95. The van der Waals surface area contributed by atoms with Gasteiger partial charge < -0.3 is 0 Å². The molecule has 0 saturated carbocycles. The molecule has 0 amide bonds. The molecule has 86 valence electrons. The minimum Gasteiger partial charge on any atom is -0.293 e. The van der Waals surface area contributed by atoms with Crippen LogP contribution in [0.25, 0.3) is 0 Å². The number of nitrogens with zero attached hydrogens (tertiary/aromatic N) is 1. The van der Waals surface area contributed by atoms with Gasteiger partial charge in [0.15, 0.2) is 0 Å². The molecule has 3 rings (SSSR count). The first-order chi connectivity index (χ1) is 7.84. The van der Waals surface area contributed by atoms with Crippen LogP contribution in [0.2, 0.25) is 0 Å². The van der Waals surface area contributed by atoms with Gasteiger partial charge in [-0.05, 0) is 56.3 Å². The van der Waals surface area contributed by atoms with Crippen LogP contribution in [-0.2, 0) is 0 Å². The molecule has 2 heteroatoms. The highest BCUT2D eigenvalue weighted by Crippen LogP contribution is 2.39. The number of piperidine rings is 1. The lowest BCUT2D eigenvalue weighted by molar-refractivity contribution is 0.123.